The van der Waals surface area contributed by atoms with Gasteiger partial charge in [0.05, 0.1) is 11.1 Å². The SMILES string of the molecule is O=C(c1ccsc1)c1cccc(C(F)(F)F)c1F. The molecule has 2 rings (SSSR count). The molecule has 94 valence electrons. The number of rotatable bonds is 2. The van der Waals surface area contributed by atoms with Crippen LogP contribution in [0.1, 0.15) is 21.5 Å². The fourth-order valence-corrected chi connectivity index (χ4v) is 2.11. The third-order valence-corrected chi connectivity index (χ3v) is 3.02. The molecule has 0 amide bonds. The fraction of sp³-hybridized carbons (Fsp3) is 0.0833. The molecule has 0 spiro atoms. The van der Waals surface area contributed by atoms with Gasteiger partial charge in [-0.05, 0) is 23.6 Å². The maximum Gasteiger partial charge on any atom is 0.419 e. The van der Waals surface area contributed by atoms with E-state index in [-0.39, 0.29) is 5.56 Å². The van der Waals surface area contributed by atoms with Crippen molar-refractivity contribution in [2.45, 2.75) is 6.18 Å². The zero-order chi connectivity index (χ0) is 13.3. The number of benzene rings is 1. The van der Waals surface area contributed by atoms with Crippen LogP contribution in [0.15, 0.2) is 35.0 Å². The molecule has 0 saturated carbocycles. The molecular formula is C12H6F4OS. The van der Waals surface area contributed by atoms with Crippen molar-refractivity contribution in [2.24, 2.45) is 0 Å². The minimum Gasteiger partial charge on any atom is -0.288 e. The van der Waals surface area contributed by atoms with Crippen molar-refractivity contribution in [2.75, 3.05) is 0 Å². The van der Waals surface area contributed by atoms with Crippen LogP contribution in [0.3, 0.4) is 0 Å². The molecular weight excluding hydrogens is 268 g/mol. The van der Waals surface area contributed by atoms with Crippen LogP contribution in [-0.4, -0.2) is 5.78 Å². The van der Waals surface area contributed by atoms with Crippen LogP contribution in [-0.2, 0) is 6.18 Å². The third kappa shape index (κ3) is 2.28. The van der Waals surface area contributed by atoms with Crippen molar-refractivity contribution in [1.29, 1.82) is 0 Å². The molecule has 0 bridgehead atoms. The van der Waals surface area contributed by atoms with Crippen LogP contribution in [0.4, 0.5) is 17.6 Å². The average Bonchev–Trinajstić information content (AvgIpc) is 2.80. The minimum absolute atomic E-state index is 0.179. The Morgan fingerprint density at radius 3 is 2.44 bits per heavy atom. The number of ketones is 1. The third-order valence-electron chi connectivity index (χ3n) is 2.33. The van der Waals surface area contributed by atoms with E-state index in [2.05, 4.69) is 0 Å². The van der Waals surface area contributed by atoms with E-state index < -0.39 is 28.9 Å². The van der Waals surface area contributed by atoms with Crippen molar-refractivity contribution in [3.8, 4) is 0 Å². The Balaban J connectivity index is 2.50. The summed E-state index contributed by atoms with van der Waals surface area (Å²) in [7, 11) is 0. The van der Waals surface area contributed by atoms with Gasteiger partial charge in [0.25, 0.3) is 0 Å². The van der Waals surface area contributed by atoms with Crippen molar-refractivity contribution >= 4 is 17.1 Å². The number of hydrogen-bond acceptors (Lipinski definition) is 2. The molecule has 0 aliphatic rings. The van der Waals surface area contributed by atoms with E-state index in [4.69, 9.17) is 0 Å². The highest BCUT2D eigenvalue weighted by molar-refractivity contribution is 7.08. The Hall–Kier alpha value is -1.69. The number of hydrogen-bond donors (Lipinski definition) is 0. The van der Waals surface area contributed by atoms with Gasteiger partial charge in [-0.15, -0.1) is 0 Å². The number of carbonyl (C=O) groups is 1. The maximum absolute atomic E-state index is 13.7. The second-order valence-electron chi connectivity index (χ2n) is 3.51. The molecule has 0 N–H and O–H groups in total. The van der Waals surface area contributed by atoms with Crippen LogP contribution >= 0.6 is 11.3 Å². The van der Waals surface area contributed by atoms with Crippen molar-refractivity contribution in [3.05, 3.63) is 57.5 Å². The van der Waals surface area contributed by atoms with E-state index in [1.165, 1.54) is 22.8 Å². The predicted octanol–water partition coefficient (Wildman–Crippen LogP) is 4.14. The fourth-order valence-electron chi connectivity index (χ4n) is 1.48. The molecule has 0 saturated heterocycles. The lowest BCUT2D eigenvalue weighted by Gasteiger charge is -2.10. The molecule has 1 heterocycles. The van der Waals surface area contributed by atoms with Gasteiger partial charge in [0, 0.05) is 10.9 Å². The van der Waals surface area contributed by atoms with Crippen LogP contribution in [0.25, 0.3) is 0 Å². The van der Waals surface area contributed by atoms with Gasteiger partial charge in [0.1, 0.15) is 5.82 Å². The smallest absolute Gasteiger partial charge is 0.288 e. The van der Waals surface area contributed by atoms with E-state index in [1.54, 1.807) is 5.38 Å². The standard InChI is InChI=1S/C12H6F4OS/c13-10-8(11(17)7-4-5-18-6-7)2-1-3-9(10)12(14,15)16/h1-6H. The van der Waals surface area contributed by atoms with Gasteiger partial charge in [0.2, 0.25) is 0 Å². The molecule has 18 heavy (non-hydrogen) atoms. The monoisotopic (exact) mass is 274 g/mol. The summed E-state index contributed by atoms with van der Waals surface area (Å²) >= 11 is 1.21. The van der Waals surface area contributed by atoms with Gasteiger partial charge in [-0.25, -0.2) is 4.39 Å². The number of alkyl halides is 3. The summed E-state index contributed by atoms with van der Waals surface area (Å²) in [4.78, 5) is 11.8. The summed E-state index contributed by atoms with van der Waals surface area (Å²) < 4.78 is 51.1. The predicted molar refractivity (Wildman–Crippen MR) is 59.2 cm³/mol. The molecule has 1 nitrogen and oxygen atoms in total. The van der Waals surface area contributed by atoms with Gasteiger partial charge in [-0.3, -0.25) is 4.79 Å². The van der Waals surface area contributed by atoms with Gasteiger partial charge in [-0.2, -0.15) is 24.5 Å². The van der Waals surface area contributed by atoms with Gasteiger partial charge in [0.15, 0.2) is 5.78 Å². The summed E-state index contributed by atoms with van der Waals surface area (Å²) in [5.41, 5.74) is -1.81. The minimum atomic E-state index is -4.81. The Bertz CT molecular complexity index is 572. The molecule has 0 atom stereocenters. The first-order valence-corrected chi connectivity index (χ1v) is 5.78. The number of carbonyl (C=O) groups excluding carboxylic acids is 1. The van der Waals surface area contributed by atoms with Crippen LogP contribution in [0, 0.1) is 5.82 Å². The van der Waals surface area contributed by atoms with E-state index in [9.17, 15) is 22.4 Å². The highest BCUT2D eigenvalue weighted by atomic mass is 32.1. The highest BCUT2D eigenvalue weighted by Gasteiger charge is 2.35. The van der Waals surface area contributed by atoms with E-state index in [1.807, 2.05) is 0 Å². The quantitative estimate of drug-likeness (QED) is 0.594. The topological polar surface area (TPSA) is 17.1 Å². The Morgan fingerprint density at radius 1 is 1.17 bits per heavy atom. The first-order valence-electron chi connectivity index (χ1n) is 4.84. The zero-order valence-electron chi connectivity index (χ0n) is 8.79. The summed E-state index contributed by atoms with van der Waals surface area (Å²) in [5.74, 6) is -2.28. The van der Waals surface area contributed by atoms with Crippen molar-refractivity contribution in [3.63, 3.8) is 0 Å². The molecule has 0 aliphatic heterocycles. The normalized spacial score (nSPS) is 11.6. The van der Waals surface area contributed by atoms with Gasteiger partial charge < -0.3 is 0 Å². The summed E-state index contributed by atoms with van der Waals surface area (Å²) in [6, 6.07) is 4.11. The van der Waals surface area contributed by atoms with Gasteiger partial charge in [-0.1, -0.05) is 6.07 Å². The van der Waals surface area contributed by atoms with Crippen LogP contribution in [0.2, 0.25) is 0 Å². The van der Waals surface area contributed by atoms with E-state index in [0.29, 0.717) is 6.07 Å². The summed E-state index contributed by atoms with van der Waals surface area (Å²) in [5, 5.41) is 3.06. The summed E-state index contributed by atoms with van der Waals surface area (Å²) in [6.45, 7) is 0. The molecule has 0 unspecified atom stereocenters. The lowest BCUT2D eigenvalue weighted by atomic mass is 10.0. The molecule has 0 fully saturated rings. The van der Waals surface area contributed by atoms with Gasteiger partial charge >= 0.3 is 6.18 Å². The van der Waals surface area contributed by atoms with E-state index >= 15 is 0 Å². The highest BCUT2D eigenvalue weighted by Crippen LogP contribution is 2.33. The van der Waals surface area contributed by atoms with Crippen molar-refractivity contribution in [1.82, 2.24) is 0 Å². The first-order chi connectivity index (χ1) is 8.41. The lowest BCUT2D eigenvalue weighted by molar-refractivity contribution is -0.140. The Morgan fingerprint density at radius 2 is 1.89 bits per heavy atom. The lowest BCUT2D eigenvalue weighted by Crippen LogP contribution is -2.12. The van der Waals surface area contributed by atoms with E-state index in [0.717, 1.165) is 12.1 Å². The molecule has 1 aromatic carbocycles. The maximum atomic E-state index is 13.7. The first kappa shape index (κ1) is 12.8. The molecule has 2 aromatic rings. The number of thiophene rings is 1. The molecule has 0 radical (unpaired) electrons. The largest absolute Gasteiger partial charge is 0.419 e. The Labute approximate surface area is 104 Å². The van der Waals surface area contributed by atoms with Crippen molar-refractivity contribution < 1.29 is 22.4 Å². The summed E-state index contributed by atoms with van der Waals surface area (Å²) in [6.07, 6.45) is -4.81. The average molecular weight is 274 g/mol. The number of halogens is 4. The Kier molecular flexibility index (Phi) is 3.21. The zero-order valence-corrected chi connectivity index (χ0v) is 9.61. The molecule has 0 aliphatic carbocycles. The molecule has 6 heteroatoms. The van der Waals surface area contributed by atoms with Crippen LogP contribution in [0.5, 0.6) is 0 Å². The van der Waals surface area contributed by atoms with Crippen LogP contribution < -0.4 is 0 Å². The second kappa shape index (κ2) is 4.53. The second-order valence-corrected chi connectivity index (χ2v) is 4.29. The molecule has 1 aromatic heterocycles.